The second kappa shape index (κ2) is 12.6. The summed E-state index contributed by atoms with van der Waals surface area (Å²) in [4.78, 5) is 0.299. The van der Waals surface area contributed by atoms with Crippen LogP contribution in [0.15, 0.2) is 131 Å². The maximum atomic E-state index is 14.1. The van der Waals surface area contributed by atoms with E-state index in [2.05, 4.69) is 0 Å². The summed E-state index contributed by atoms with van der Waals surface area (Å²) in [5, 5.41) is 1.16. The van der Waals surface area contributed by atoms with E-state index in [1.165, 1.54) is 0 Å². The van der Waals surface area contributed by atoms with Crippen LogP contribution in [0.4, 0.5) is 0 Å². The Balaban J connectivity index is 1.84. The molecule has 184 valence electrons. The van der Waals surface area contributed by atoms with E-state index < -0.39 is 9.84 Å². The normalized spacial score (nSPS) is 12.9. The van der Waals surface area contributed by atoms with Crippen molar-refractivity contribution in [3.8, 4) is 0 Å². The lowest BCUT2D eigenvalue weighted by molar-refractivity contribution is 0.610. The molecular weight excluding hydrogens is 519 g/mol. The summed E-state index contributed by atoms with van der Waals surface area (Å²) in [7, 11) is -3.94. The van der Waals surface area contributed by atoms with Crippen LogP contribution in [0.5, 0.6) is 0 Å². The van der Waals surface area contributed by atoms with Crippen molar-refractivity contribution < 1.29 is 8.42 Å². The molecule has 0 unspecified atom stereocenters. The van der Waals surface area contributed by atoms with Gasteiger partial charge in [-0.1, -0.05) is 120 Å². The number of rotatable bonds is 8. The molecule has 0 aliphatic heterocycles. The lowest BCUT2D eigenvalue weighted by Gasteiger charge is -2.09. The van der Waals surface area contributed by atoms with Gasteiger partial charge in [0.15, 0.2) is 0 Å². The highest BCUT2D eigenvalue weighted by Gasteiger charge is 2.20. The summed E-state index contributed by atoms with van der Waals surface area (Å²) in [6.07, 6.45) is 10.1. The molecule has 0 fully saturated rings. The lowest BCUT2D eigenvalue weighted by Crippen LogP contribution is -2.05. The maximum Gasteiger partial charge on any atom is 0.206 e. The minimum atomic E-state index is -3.94. The van der Waals surface area contributed by atoms with Gasteiger partial charge in [0, 0.05) is 10.0 Å². The van der Waals surface area contributed by atoms with Crippen LogP contribution in [0.2, 0.25) is 10.0 Å². The third-order valence-corrected chi connectivity index (χ3v) is 7.71. The maximum absolute atomic E-state index is 14.1. The fraction of sp³-hybridized carbons (Fsp3) is 0. The molecule has 37 heavy (non-hydrogen) atoms. The number of allylic oxidation sites excluding steroid dienone is 2. The molecule has 0 aromatic heterocycles. The first-order chi connectivity index (χ1) is 17.9. The van der Waals surface area contributed by atoms with Crippen molar-refractivity contribution >= 4 is 57.3 Å². The van der Waals surface area contributed by atoms with Crippen LogP contribution in [0, 0.1) is 0 Å². The molecule has 0 saturated carbocycles. The van der Waals surface area contributed by atoms with Crippen LogP contribution in [0.25, 0.3) is 24.3 Å². The molecule has 5 heteroatoms. The van der Waals surface area contributed by atoms with Crippen molar-refractivity contribution in [2.24, 2.45) is 0 Å². The molecule has 4 aromatic carbocycles. The second-order valence-electron chi connectivity index (χ2n) is 8.19. The molecule has 0 atom stereocenters. The first kappa shape index (κ1) is 26.4. The van der Waals surface area contributed by atoms with E-state index in [1.54, 1.807) is 85.0 Å². The van der Waals surface area contributed by atoms with Gasteiger partial charge in [0.2, 0.25) is 9.84 Å². The van der Waals surface area contributed by atoms with Gasteiger partial charge in [0.1, 0.15) is 0 Å². The monoisotopic (exact) mass is 542 g/mol. The highest BCUT2D eigenvalue weighted by atomic mass is 35.5. The molecule has 0 bridgehead atoms. The quantitative estimate of drug-likeness (QED) is 0.208. The zero-order valence-electron chi connectivity index (χ0n) is 19.8. The fourth-order valence-electron chi connectivity index (χ4n) is 3.50. The predicted molar refractivity (Wildman–Crippen MR) is 159 cm³/mol. The van der Waals surface area contributed by atoms with Crippen molar-refractivity contribution in [1.29, 1.82) is 0 Å². The molecule has 0 aliphatic carbocycles. The SMILES string of the molecule is O=S(=O)(C(=C\c1ccc(Cl)cc1)/C=C/c1ccccc1)C(=C\c1ccc(Cl)cc1)/C=C/c1ccccc1. The number of benzene rings is 4. The van der Waals surface area contributed by atoms with Gasteiger partial charge in [-0.25, -0.2) is 8.42 Å². The van der Waals surface area contributed by atoms with Gasteiger partial charge in [-0.3, -0.25) is 0 Å². The molecule has 0 radical (unpaired) electrons. The molecule has 4 aromatic rings. The summed E-state index contributed by atoms with van der Waals surface area (Å²) in [5.41, 5.74) is 3.22. The molecule has 4 rings (SSSR count). The Bertz CT molecular complexity index is 1430. The first-order valence-electron chi connectivity index (χ1n) is 11.6. The van der Waals surface area contributed by atoms with E-state index in [1.807, 2.05) is 60.7 Å². The highest BCUT2D eigenvalue weighted by molar-refractivity contribution is 7.99. The van der Waals surface area contributed by atoms with E-state index in [0.29, 0.717) is 10.0 Å². The Labute approximate surface area is 228 Å². The van der Waals surface area contributed by atoms with Crippen LogP contribution >= 0.6 is 23.2 Å². The Morgan fingerprint density at radius 3 is 1.19 bits per heavy atom. The van der Waals surface area contributed by atoms with Crippen LogP contribution in [0.1, 0.15) is 22.3 Å². The average molecular weight is 544 g/mol. The summed E-state index contributed by atoms with van der Waals surface area (Å²) in [5.74, 6) is 0. The van der Waals surface area contributed by atoms with E-state index >= 15 is 0 Å². The van der Waals surface area contributed by atoms with Crippen molar-refractivity contribution in [1.82, 2.24) is 0 Å². The number of halogens is 2. The summed E-state index contributed by atoms with van der Waals surface area (Å²) >= 11 is 12.1. The number of hydrogen-bond donors (Lipinski definition) is 0. The van der Waals surface area contributed by atoms with Gasteiger partial charge in [-0.05, 0) is 70.8 Å². The van der Waals surface area contributed by atoms with E-state index in [-0.39, 0.29) is 9.81 Å². The number of hydrogen-bond acceptors (Lipinski definition) is 2. The second-order valence-corrected chi connectivity index (χ2v) is 11.0. The van der Waals surface area contributed by atoms with Gasteiger partial charge >= 0.3 is 0 Å². The molecule has 0 amide bonds. The Hall–Kier alpha value is -3.63. The molecule has 0 heterocycles. The summed E-state index contributed by atoms with van der Waals surface area (Å²) in [6.45, 7) is 0. The molecule has 0 aliphatic rings. The standard InChI is InChI=1S/C32H24Cl2O2S/c33-29-17-11-27(12-18-29)23-31(21-15-25-7-3-1-4-8-25)37(35,36)32(22-16-26-9-5-2-6-10-26)24-28-13-19-30(34)20-14-28/h1-24H/b21-15+,22-16+,31-23-,32-24-. The third kappa shape index (κ3) is 7.68. The largest absolute Gasteiger partial charge is 0.219 e. The van der Waals surface area contributed by atoms with Crippen molar-refractivity contribution in [2.75, 3.05) is 0 Å². The lowest BCUT2D eigenvalue weighted by atomic mass is 10.2. The van der Waals surface area contributed by atoms with Gasteiger partial charge < -0.3 is 0 Å². The van der Waals surface area contributed by atoms with Gasteiger partial charge in [-0.15, -0.1) is 0 Å². The van der Waals surface area contributed by atoms with Crippen LogP contribution in [0.3, 0.4) is 0 Å². The minimum absolute atomic E-state index is 0.150. The van der Waals surface area contributed by atoms with Gasteiger partial charge in [0.05, 0.1) is 9.81 Å². The summed E-state index contributed by atoms with van der Waals surface area (Å²) in [6, 6.07) is 33.2. The zero-order valence-corrected chi connectivity index (χ0v) is 22.2. The van der Waals surface area contributed by atoms with Crippen LogP contribution in [-0.4, -0.2) is 8.42 Å². The highest BCUT2D eigenvalue weighted by Crippen LogP contribution is 2.27. The predicted octanol–water partition coefficient (Wildman–Crippen LogP) is 9.22. The van der Waals surface area contributed by atoms with Crippen molar-refractivity contribution in [2.45, 2.75) is 0 Å². The first-order valence-corrected chi connectivity index (χ1v) is 13.8. The average Bonchev–Trinajstić information content (AvgIpc) is 2.92. The Morgan fingerprint density at radius 2 is 0.838 bits per heavy atom. The van der Waals surface area contributed by atoms with Gasteiger partial charge in [-0.2, -0.15) is 0 Å². The van der Waals surface area contributed by atoms with E-state index in [9.17, 15) is 8.42 Å². The smallest absolute Gasteiger partial charge is 0.206 e. The van der Waals surface area contributed by atoms with Crippen molar-refractivity contribution in [3.63, 3.8) is 0 Å². The minimum Gasteiger partial charge on any atom is -0.219 e. The topological polar surface area (TPSA) is 34.1 Å². The molecule has 0 spiro atoms. The molecule has 2 nitrogen and oxygen atoms in total. The van der Waals surface area contributed by atoms with Crippen LogP contribution in [-0.2, 0) is 9.84 Å². The van der Waals surface area contributed by atoms with Gasteiger partial charge in [0.25, 0.3) is 0 Å². The third-order valence-electron chi connectivity index (χ3n) is 5.46. The van der Waals surface area contributed by atoms with E-state index in [4.69, 9.17) is 23.2 Å². The fourth-order valence-corrected chi connectivity index (χ4v) is 5.10. The molecule has 0 N–H and O–H groups in total. The number of sulfone groups is 1. The molecule has 0 saturated heterocycles. The Kier molecular flexibility index (Phi) is 8.97. The molecular formula is C32H24Cl2O2S. The zero-order chi connectivity index (χ0) is 26.1. The Morgan fingerprint density at radius 1 is 0.486 bits per heavy atom. The van der Waals surface area contributed by atoms with Crippen LogP contribution < -0.4 is 0 Å². The van der Waals surface area contributed by atoms with E-state index in [0.717, 1.165) is 22.3 Å². The summed E-state index contributed by atoms with van der Waals surface area (Å²) < 4.78 is 28.2. The van der Waals surface area contributed by atoms with Crippen molar-refractivity contribution in [3.05, 3.63) is 163 Å².